The van der Waals surface area contributed by atoms with Crippen molar-refractivity contribution in [2.24, 2.45) is 5.92 Å². The van der Waals surface area contributed by atoms with Crippen molar-refractivity contribution in [2.45, 2.75) is 50.3 Å². The molecule has 1 saturated carbocycles. The number of anilines is 1. The van der Waals surface area contributed by atoms with Gasteiger partial charge in [0.05, 0.1) is 11.0 Å². The van der Waals surface area contributed by atoms with Gasteiger partial charge in [-0.1, -0.05) is 6.92 Å². The van der Waals surface area contributed by atoms with Gasteiger partial charge < -0.3 is 15.7 Å². The number of carbonyl (C=O) groups excluding carboxylic acids is 2. The maximum absolute atomic E-state index is 12.9. The molecule has 6 nitrogen and oxygen atoms in total. The van der Waals surface area contributed by atoms with Crippen LogP contribution in [-0.4, -0.2) is 39.4 Å². The zero-order chi connectivity index (χ0) is 20.0. The molecule has 0 spiro atoms. The number of carboxylic acids is 1. The Morgan fingerprint density at radius 3 is 2.41 bits per heavy atom. The highest BCUT2D eigenvalue weighted by Gasteiger charge is 2.43. The summed E-state index contributed by atoms with van der Waals surface area (Å²) in [6, 6.07) is 5.40. The van der Waals surface area contributed by atoms with Crippen LogP contribution in [0.3, 0.4) is 0 Å². The van der Waals surface area contributed by atoms with Gasteiger partial charge in [-0.3, -0.25) is 9.59 Å². The fourth-order valence-electron chi connectivity index (χ4n) is 2.99. The van der Waals surface area contributed by atoms with Gasteiger partial charge in [0.2, 0.25) is 11.8 Å². The van der Waals surface area contributed by atoms with Crippen LogP contribution in [0.1, 0.15) is 39.5 Å². The van der Waals surface area contributed by atoms with E-state index in [1.807, 2.05) is 0 Å². The highest BCUT2D eigenvalue weighted by atomic mass is 32.2. The average molecular weight is 396 g/mol. The van der Waals surface area contributed by atoms with Gasteiger partial charge in [-0.2, -0.15) is 0 Å². The van der Waals surface area contributed by atoms with Crippen LogP contribution in [0.2, 0.25) is 0 Å². The third kappa shape index (κ3) is 5.95. The summed E-state index contributed by atoms with van der Waals surface area (Å²) in [6.45, 7) is 3.72. The van der Waals surface area contributed by atoms with Crippen molar-refractivity contribution in [3.05, 3.63) is 30.1 Å². The summed E-state index contributed by atoms with van der Waals surface area (Å²) in [5, 5.41) is 14.3. The van der Waals surface area contributed by atoms with Gasteiger partial charge in [0.15, 0.2) is 0 Å². The van der Waals surface area contributed by atoms with Crippen LogP contribution in [0.25, 0.3) is 0 Å². The first-order valence-corrected chi connectivity index (χ1v) is 9.99. The van der Waals surface area contributed by atoms with E-state index in [0.29, 0.717) is 24.4 Å². The van der Waals surface area contributed by atoms with Gasteiger partial charge >= 0.3 is 5.97 Å². The quantitative estimate of drug-likeness (QED) is 0.658. The lowest BCUT2D eigenvalue weighted by molar-refractivity contribution is -0.149. The fourth-order valence-corrected chi connectivity index (χ4v) is 3.68. The molecule has 0 aromatic heterocycles. The average Bonchev–Trinajstić information content (AvgIpc) is 2.63. The first-order valence-electron chi connectivity index (χ1n) is 8.94. The highest BCUT2D eigenvalue weighted by molar-refractivity contribution is 8.01. The molecule has 2 rings (SSSR count). The number of rotatable bonds is 7. The van der Waals surface area contributed by atoms with Crippen LogP contribution in [0.4, 0.5) is 10.1 Å². The number of thioether (sulfide) groups is 1. The standard InChI is InChI=1S/C19H25FN2O4S/c1-12-7-9-19(10-8-12,18(25)26)22-17(24)13(2)27-11-16(23)21-15-5-3-14(20)4-6-15/h3-6,12-13H,7-11H2,1-2H3,(H,21,23)(H,22,24)(H,25,26). The van der Waals surface area contributed by atoms with Crippen LogP contribution in [0.15, 0.2) is 24.3 Å². The Morgan fingerprint density at radius 2 is 1.85 bits per heavy atom. The Kier molecular flexibility index (Phi) is 7.24. The van der Waals surface area contributed by atoms with Crippen LogP contribution in [-0.2, 0) is 14.4 Å². The maximum atomic E-state index is 12.9. The second kappa shape index (κ2) is 9.21. The third-order valence-corrected chi connectivity index (χ3v) is 6.00. The molecule has 1 aliphatic rings. The minimum atomic E-state index is -1.21. The first-order chi connectivity index (χ1) is 12.7. The number of nitrogens with one attached hydrogen (secondary N) is 2. The van der Waals surface area contributed by atoms with Crippen LogP contribution < -0.4 is 10.6 Å². The topological polar surface area (TPSA) is 95.5 Å². The van der Waals surface area contributed by atoms with Gasteiger partial charge in [-0.15, -0.1) is 11.8 Å². The predicted molar refractivity (Wildman–Crippen MR) is 103 cm³/mol. The van der Waals surface area contributed by atoms with E-state index in [1.54, 1.807) is 6.92 Å². The van der Waals surface area contributed by atoms with Gasteiger partial charge in [0.1, 0.15) is 11.4 Å². The summed E-state index contributed by atoms with van der Waals surface area (Å²) in [4.78, 5) is 36.1. The Hall–Kier alpha value is -2.09. The van der Waals surface area contributed by atoms with E-state index >= 15 is 0 Å². The molecule has 0 aliphatic heterocycles. The largest absolute Gasteiger partial charge is 0.480 e. The number of hydrogen-bond acceptors (Lipinski definition) is 4. The molecule has 1 aromatic carbocycles. The van der Waals surface area contributed by atoms with Crippen molar-refractivity contribution in [1.29, 1.82) is 0 Å². The molecule has 2 amide bonds. The van der Waals surface area contributed by atoms with E-state index in [4.69, 9.17) is 0 Å². The third-order valence-electron chi connectivity index (χ3n) is 4.86. The van der Waals surface area contributed by atoms with E-state index in [1.165, 1.54) is 24.3 Å². The van der Waals surface area contributed by atoms with Crippen molar-refractivity contribution in [2.75, 3.05) is 11.1 Å². The molecule has 1 aromatic rings. The van der Waals surface area contributed by atoms with Crippen molar-refractivity contribution >= 4 is 35.2 Å². The molecule has 1 fully saturated rings. The zero-order valence-electron chi connectivity index (χ0n) is 15.5. The molecule has 1 aliphatic carbocycles. The Balaban J connectivity index is 1.84. The molecule has 1 unspecified atom stereocenters. The monoisotopic (exact) mass is 396 g/mol. The van der Waals surface area contributed by atoms with Crippen molar-refractivity contribution in [3.8, 4) is 0 Å². The zero-order valence-corrected chi connectivity index (χ0v) is 16.3. The SMILES string of the molecule is CC1CCC(NC(=O)C(C)SCC(=O)Nc2ccc(F)cc2)(C(=O)O)CC1. The van der Waals surface area contributed by atoms with Crippen molar-refractivity contribution in [3.63, 3.8) is 0 Å². The summed E-state index contributed by atoms with van der Waals surface area (Å²) >= 11 is 1.12. The van der Waals surface area contributed by atoms with Gasteiger partial charge in [0.25, 0.3) is 0 Å². The van der Waals surface area contributed by atoms with E-state index in [2.05, 4.69) is 17.6 Å². The molecule has 27 heavy (non-hydrogen) atoms. The number of hydrogen-bond donors (Lipinski definition) is 3. The van der Waals surface area contributed by atoms with Gasteiger partial charge in [-0.05, 0) is 62.8 Å². The van der Waals surface area contributed by atoms with Crippen LogP contribution >= 0.6 is 11.8 Å². The van der Waals surface area contributed by atoms with Crippen LogP contribution in [0.5, 0.6) is 0 Å². The second-order valence-corrected chi connectivity index (χ2v) is 8.40. The lowest BCUT2D eigenvalue weighted by Gasteiger charge is -2.37. The number of amides is 2. The van der Waals surface area contributed by atoms with Crippen molar-refractivity contribution < 1.29 is 23.9 Å². The smallest absolute Gasteiger partial charge is 0.329 e. The molecule has 1 atom stereocenters. The van der Waals surface area contributed by atoms with Crippen molar-refractivity contribution in [1.82, 2.24) is 5.32 Å². The van der Waals surface area contributed by atoms with Crippen LogP contribution in [0, 0.1) is 11.7 Å². The Labute approximate surface area is 162 Å². The molecule has 0 saturated heterocycles. The highest BCUT2D eigenvalue weighted by Crippen LogP contribution is 2.32. The minimum absolute atomic E-state index is 0.0308. The summed E-state index contributed by atoms with van der Waals surface area (Å²) in [6.07, 6.45) is 2.34. The van der Waals surface area contributed by atoms with Gasteiger partial charge in [0, 0.05) is 5.69 Å². The molecule has 148 valence electrons. The number of benzene rings is 1. The number of aliphatic carboxylic acids is 1. The normalized spacial score (nSPS) is 23.3. The molecular formula is C19H25FN2O4S. The molecular weight excluding hydrogens is 371 g/mol. The number of carboxylic acid groups (broad SMARTS) is 1. The summed E-state index contributed by atoms with van der Waals surface area (Å²) in [5.41, 5.74) is -0.741. The molecule has 3 N–H and O–H groups in total. The molecule has 0 bridgehead atoms. The van der Waals surface area contributed by atoms with Gasteiger partial charge in [-0.25, -0.2) is 9.18 Å². The van der Waals surface area contributed by atoms with E-state index in [-0.39, 0.29) is 17.6 Å². The molecule has 0 radical (unpaired) electrons. The van der Waals surface area contributed by atoms with E-state index in [0.717, 1.165) is 24.6 Å². The molecule has 8 heteroatoms. The Bertz CT molecular complexity index is 687. The Morgan fingerprint density at radius 1 is 1.26 bits per heavy atom. The molecule has 0 heterocycles. The second-order valence-electron chi connectivity index (χ2n) is 7.07. The lowest BCUT2D eigenvalue weighted by Crippen LogP contribution is -2.57. The predicted octanol–water partition coefficient (Wildman–Crippen LogP) is 3.04. The fraction of sp³-hybridized carbons (Fsp3) is 0.526. The lowest BCUT2D eigenvalue weighted by atomic mass is 9.77. The summed E-state index contributed by atoms with van der Waals surface area (Å²) in [7, 11) is 0. The maximum Gasteiger partial charge on any atom is 0.329 e. The van der Waals surface area contributed by atoms with E-state index < -0.39 is 22.6 Å². The first kappa shape index (κ1) is 21.2. The number of halogens is 1. The number of carbonyl (C=O) groups is 3. The minimum Gasteiger partial charge on any atom is -0.480 e. The summed E-state index contributed by atoms with van der Waals surface area (Å²) < 4.78 is 12.9. The van der Waals surface area contributed by atoms with E-state index in [9.17, 15) is 23.9 Å². The summed E-state index contributed by atoms with van der Waals surface area (Å²) in [5.74, 6) is -1.61.